The summed E-state index contributed by atoms with van der Waals surface area (Å²) in [6.07, 6.45) is 4.61. The van der Waals surface area contributed by atoms with Crippen molar-refractivity contribution in [3.8, 4) is 0 Å². The van der Waals surface area contributed by atoms with Crippen molar-refractivity contribution in [1.82, 2.24) is 0 Å². The molecule has 0 aliphatic heterocycles. The van der Waals surface area contributed by atoms with Gasteiger partial charge < -0.3 is 0 Å². The van der Waals surface area contributed by atoms with Gasteiger partial charge in [0.25, 0.3) is 0 Å². The Hall–Kier alpha value is -0.110. The number of rotatable bonds is 2. The monoisotopic (exact) mass is 162 g/mol. The van der Waals surface area contributed by atoms with Gasteiger partial charge in [0.15, 0.2) is 0 Å². The molecule has 1 atom stereocenters. The van der Waals surface area contributed by atoms with Gasteiger partial charge in [-0.3, -0.25) is 0 Å². The lowest BCUT2D eigenvalue weighted by Gasteiger charge is -2.12. The first kappa shape index (κ1) is 10.9. The molecule has 1 saturated carbocycles. The van der Waals surface area contributed by atoms with Gasteiger partial charge in [0.1, 0.15) is 0 Å². The molecule has 0 aromatic heterocycles. The lowest BCUT2D eigenvalue weighted by Crippen LogP contribution is -2.13. The molecular weight excluding hydrogens is 143 g/mol. The van der Waals surface area contributed by atoms with Gasteiger partial charge in [-0.25, -0.2) is 0 Å². The Balaban J connectivity index is 0.000000461. The van der Waals surface area contributed by atoms with Crippen molar-refractivity contribution >= 4 is 0 Å². The third-order valence-corrected chi connectivity index (χ3v) is 2.20. The minimum absolute atomic E-state index is 0.174. The second kappa shape index (κ2) is 6.59. The van der Waals surface area contributed by atoms with Crippen molar-refractivity contribution in [2.45, 2.75) is 52.6 Å². The van der Waals surface area contributed by atoms with Gasteiger partial charge in [0.05, 0.1) is 6.10 Å². The summed E-state index contributed by atoms with van der Waals surface area (Å²) in [5.41, 5.74) is 0. The van der Waals surface area contributed by atoms with E-state index in [1.165, 1.54) is 12.8 Å². The van der Waals surface area contributed by atoms with Crippen LogP contribution in [0.1, 0.15) is 46.5 Å². The number of hydrogen-bond acceptors (Lipinski definition) is 1. The molecule has 1 nitrogen and oxygen atoms in total. The zero-order valence-electron chi connectivity index (χ0n) is 7.77. The van der Waals surface area contributed by atoms with Crippen LogP contribution in [0.15, 0.2) is 0 Å². The molecule has 0 bridgehead atoms. The zero-order chi connectivity index (χ0) is 8.69. The topological polar surface area (TPSA) is 9.23 Å². The van der Waals surface area contributed by atoms with E-state index >= 15 is 0 Å². The Labute approximate surface area is 68.8 Å². The largest absolute Gasteiger partial charge is 0.191 e. The maximum absolute atomic E-state index is 11.5. The molecule has 2 heteroatoms. The molecule has 0 N–H and O–H groups in total. The fourth-order valence-electron chi connectivity index (χ4n) is 1.50. The van der Waals surface area contributed by atoms with Gasteiger partial charge in [-0.1, -0.05) is 26.7 Å². The third-order valence-electron chi connectivity index (χ3n) is 2.20. The highest BCUT2D eigenvalue weighted by molar-refractivity contribution is 4.71. The molecule has 1 aliphatic carbocycles. The molecule has 0 spiro atoms. The van der Waals surface area contributed by atoms with Crippen LogP contribution in [0.2, 0.25) is 0 Å². The normalized spacial score (nSPS) is 20.7. The Morgan fingerprint density at radius 2 is 1.73 bits per heavy atom. The Morgan fingerprint density at radius 1 is 1.27 bits per heavy atom. The smallest absolute Gasteiger partial charge is 0.0983 e. The molecule has 1 aliphatic rings. The molecule has 0 heterocycles. The summed E-state index contributed by atoms with van der Waals surface area (Å²) >= 11 is 0. The molecule has 0 amide bonds. The summed E-state index contributed by atoms with van der Waals surface area (Å²) in [6.45, 7) is 5.80. The van der Waals surface area contributed by atoms with E-state index in [0.29, 0.717) is 5.92 Å². The fraction of sp³-hybridized carbons (Fsp3) is 1.00. The average Bonchev–Trinajstić information content (AvgIpc) is 2.59. The molecule has 1 unspecified atom stereocenters. The second-order valence-electron chi connectivity index (χ2n) is 2.84. The van der Waals surface area contributed by atoms with Crippen LogP contribution in [0.4, 0.5) is 4.53 Å². The van der Waals surface area contributed by atoms with Crippen molar-refractivity contribution in [2.75, 3.05) is 0 Å². The highest BCUT2D eigenvalue weighted by atomic mass is 19.3. The molecule has 11 heavy (non-hydrogen) atoms. The van der Waals surface area contributed by atoms with Crippen molar-refractivity contribution in [3.05, 3.63) is 0 Å². The Kier molecular flexibility index (Phi) is 6.52. The Morgan fingerprint density at radius 3 is 2.09 bits per heavy atom. The molecule has 1 fully saturated rings. The average molecular weight is 162 g/mol. The standard InChI is InChI=1S/C7H13FO.C2H6/c1-6(9-8)7-4-2-3-5-7;1-2/h6-7H,2-5H2,1H3;1-2H3. The summed E-state index contributed by atoms with van der Waals surface area (Å²) in [7, 11) is 0. The van der Waals surface area contributed by atoms with Gasteiger partial charge in [0, 0.05) is 0 Å². The van der Waals surface area contributed by atoms with E-state index in [1.54, 1.807) is 6.92 Å². The van der Waals surface area contributed by atoms with Crippen LogP contribution in [0.5, 0.6) is 0 Å². The van der Waals surface area contributed by atoms with E-state index in [4.69, 9.17) is 0 Å². The predicted molar refractivity (Wildman–Crippen MR) is 45.0 cm³/mol. The van der Waals surface area contributed by atoms with E-state index in [0.717, 1.165) is 12.8 Å². The van der Waals surface area contributed by atoms with Gasteiger partial charge in [0.2, 0.25) is 0 Å². The van der Waals surface area contributed by atoms with Gasteiger partial charge in [-0.15, -0.1) is 0 Å². The maximum atomic E-state index is 11.5. The van der Waals surface area contributed by atoms with E-state index in [2.05, 4.69) is 4.94 Å². The molecule has 0 aromatic carbocycles. The van der Waals surface area contributed by atoms with Crippen molar-refractivity contribution in [2.24, 2.45) is 5.92 Å². The van der Waals surface area contributed by atoms with Gasteiger partial charge in [-0.05, 0) is 30.2 Å². The van der Waals surface area contributed by atoms with Crippen LogP contribution in [0.3, 0.4) is 0 Å². The van der Waals surface area contributed by atoms with Crippen LogP contribution in [0.25, 0.3) is 0 Å². The lowest BCUT2D eigenvalue weighted by molar-refractivity contribution is -0.188. The summed E-state index contributed by atoms with van der Waals surface area (Å²) < 4.78 is 11.5. The van der Waals surface area contributed by atoms with E-state index < -0.39 is 0 Å². The molecular formula is C9H19FO. The molecule has 0 radical (unpaired) electrons. The fourth-order valence-corrected chi connectivity index (χ4v) is 1.50. The van der Waals surface area contributed by atoms with Crippen molar-refractivity contribution in [1.29, 1.82) is 0 Å². The second-order valence-corrected chi connectivity index (χ2v) is 2.84. The van der Waals surface area contributed by atoms with Crippen molar-refractivity contribution < 1.29 is 9.47 Å². The summed E-state index contributed by atoms with van der Waals surface area (Å²) in [5, 5.41) is 0. The van der Waals surface area contributed by atoms with Crippen LogP contribution in [0, 0.1) is 5.92 Å². The summed E-state index contributed by atoms with van der Waals surface area (Å²) in [6, 6.07) is 0. The number of halogens is 1. The quantitative estimate of drug-likeness (QED) is 0.604. The minimum atomic E-state index is -0.174. The summed E-state index contributed by atoms with van der Waals surface area (Å²) in [5.74, 6) is 0.481. The first-order valence-electron chi connectivity index (χ1n) is 4.62. The Bertz CT molecular complexity index is 79.6. The van der Waals surface area contributed by atoms with Crippen LogP contribution in [-0.4, -0.2) is 6.10 Å². The highest BCUT2D eigenvalue weighted by Gasteiger charge is 2.22. The highest BCUT2D eigenvalue weighted by Crippen LogP contribution is 2.28. The van der Waals surface area contributed by atoms with Crippen LogP contribution in [-0.2, 0) is 4.94 Å². The first-order chi connectivity index (χ1) is 5.34. The SMILES string of the molecule is CC.CC(OF)C1CCCC1. The van der Waals surface area contributed by atoms with Crippen LogP contribution < -0.4 is 0 Å². The zero-order valence-corrected chi connectivity index (χ0v) is 7.77. The number of hydrogen-bond donors (Lipinski definition) is 0. The lowest BCUT2D eigenvalue weighted by atomic mass is 10.0. The van der Waals surface area contributed by atoms with E-state index in [-0.39, 0.29) is 6.10 Å². The van der Waals surface area contributed by atoms with Gasteiger partial charge in [-0.2, -0.15) is 4.94 Å². The van der Waals surface area contributed by atoms with E-state index in [9.17, 15) is 4.53 Å². The van der Waals surface area contributed by atoms with E-state index in [1.807, 2.05) is 13.8 Å². The first-order valence-corrected chi connectivity index (χ1v) is 4.62. The maximum Gasteiger partial charge on any atom is 0.0983 e. The predicted octanol–water partition coefficient (Wildman–Crippen LogP) is 3.49. The molecule has 1 rings (SSSR count). The van der Waals surface area contributed by atoms with Gasteiger partial charge >= 0.3 is 0 Å². The van der Waals surface area contributed by atoms with Crippen LogP contribution >= 0.6 is 0 Å². The third kappa shape index (κ3) is 3.71. The molecule has 0 saturated heterocycles. The minimum Gasteiger partial charge on any atom is -0.191 e. The van der Waals surface area contributed by atoms with Crippen molar-refractivity contribution in [3.63, 3.8) is 0 Å². The molecule has 0 aromatic rings. The molecule has 68 valence electrons. The summed E-state index contributed by atoms with van der Waals surface area (Å²) in [4.78, 5) is 3.73.